The average Bonchev–Trinajstić information content (AvgIpc) is 2.31. The number of ether oxygens (including phenoxy) is 1. The number of hydrogen-bond acceptors (Lipinski definition) is 3. The summed E-state index contributed by atoms with van der Waals surface area (Å²) < 4.78 is 5.43. The van der Waals surface area contributed by atoms with Gasteiger partial charge in [0.1, 0.15) is 5.75 Å². The highest BCUT2D eigenvalue weighted by Gasteiger charge is 2.05. The number of benzene rings is 1. The Balaban J connectivity index is 2.78. The molecule has 2 amide bonds. The Morgan fingerprint density at radius 2 is 2.18 bits per heavy atom. The van der Waals surface area contributed by atoms with Crippen LogP contribution in [0.15, 0.2) is 18.2 Å². The van der Waals surface area contributed by atoms with Gasteiger partial charge in [-0.05, 0) is 32.0 Å². The van der Waals surface area contributed by atoms with Crippen molar-refractivity contribution < 1.29 is 9.53 Å². The van der Waals surface area contributed by atoms with E-state index in [0.717, 1.165) is 11.3 Å². The molecule has 1 aromatic rings. The third-order valence-electron chi connectivity index (χ3n) is 2.18. The van der Waals surface area contributed by atoms with Gasteiger partial charge in [0, 0.05) is 24.3 Å². The molecule has 0 aliphatic heterocycles. The molecule has 0 fully saturated rings. The van der Waals surface area contributed by atoms with Gasteiger partial charge >= 0.3 is 6.03 Å². The molecule has 17 heavy (non-hydrogen) atoms. The lowest BCUT2D eigenvalue weighted by atomic mass is 10.2. The Bertz CT molecular complexity index is 380. The number of hydrogen-bond donors (Lipinski definition) is 3. The maximum absolute atomic E-state index is 11.3. The van der Waals surface area contributed by atoms with Crippen molar-refractivity contribution in [3.05, 3.63) is 23.8 Å². The fourth-order valence-corrected chi connectivity index (χ4v) is 1.45. The Labute approximate surface area is 101 Å². The van der Waals surface area contributed by atoms with Gasteiger partial charge < -0.3 is 21.1 Å². The van der Waals surface area contributed by atoms with Crippen LogP contribution in [0.25, 0.3) is 0 Å². The van der Waals surface area contributed by atoms with Gasteiger partial charge in [-0.25, -0.2) is 4.79 Å². The normalized spacial score (nSPS) is 9.82. The third-order valence-corrected chi connectivity index (χ3v) is 2.18. The van der Waals surface area contributed by atoms with Crippen molar-refractivity contribution in [3.63, 3.8) is 0 Å². The highest BCUT2D eigenvalue weighted by atomic mass is 16.5. The van der Waals surface area contributed by atoms with Crippen LogP contribution in [0.1, 0.15) is 19.4 Å². The molecule has 94 valence electrons. The van der Waals surface area contributed by atoms with Crippen molar-refractivity contribution in [1.29, 1.82) is 0 Å². The van der Waals surface area contributed by atoms with E-state index in [1.807, 2.05) is 26.0 Å². The predicted molar refractivity (Wildman–Crippen MR) is 68.2 cm³/mol. The largest absolute Gasteiger partial charge is 0.494 e. The van der Waals surface area contributed by atoms with Crippen molar-refractivity contribution in [2.75, 3.05) is 18.5 Å². The molecule has 0 atom stereocenters. The van der Waals surface area contributed by atoms with Gasteiger partial charge in [-0.15, -0.1) is 0 Å². The van der Waals surface area contributed by atoms with Crippen LogP contribution in [0.3, 0.4) is 0 Å². The van der Waals surface area contributed by atoms with E-state index in [4.69, 9.17) is 10.5 Å². The molecule has 0 radical (unpaired) electrons. The standard InChI is InChI=1S/C12H19N3O2/c1-3-14-12(16)15-10-5-6-11(17-4-2)9(7-10)8-13/h5-7H,3-4,8,13H2,1-2H3,(H2,14,15,16). The quantitative estimate of drug-likeness (QED) is 0.729. The molecule has 1 aromatic carbocycles. The first-order valence-corrected chi connectivity index (χ1v) is 5.71. The van der Waals surface area contributed by atoms with E-state index in [-0.39, 0.29) is 6.03 Å². The number of carbonyl (C=O) groups is 1. The predicted octanol–water partition coefficient (Wildman–Crippen LogP) is 1.69. The summed E-state index contributed by atoms with van der Waals surface area (Å²) in [5.41, 5.74) is 7.22. The SMILES string of the molecule is CCNC(=O)Nc1ccc(OCC)c(CN)c1. The van der Waals surface area contributed by atoms with E-state index >= 15 is 0 Å². The van der Waals surface area contributed by atoms with Crippen LogP contribution in [0.5, 0.6) is 5.75 Å². The second kappa shape index (κ2) is 6.75. The fraction of sp³-hybridized carbons (Fsp3) is 0.417. The molecule has 5 nitrogen and oxygen atoms in total. The monoisotopic (exact) mass is 237 g/mol. The molecule has 4 N–H and O–H groups in total. The third kappa shape index (κ3) is 3.96. The topological polar surface area (TPSA) is 76.4 Å². The Morgan fingerprint density at radius 1 is 1.41 bits per heavy atom. The number of rotatable bonds is 5. The van der Waals surface area contributed by atoms with E-state index < -0.39 is 0 Å². The summed E-state index contributed by atoms with van der Waals surface area (Å²) in [5.74, 6) is 0.761. The van der Waals surface area contributed by atoms with Gasteiger partial charge in [-0.2, -0.15) is 0 Å². The van der Waals surface area contributed by atoms with Crippen LogP contribution in [-0.2, 0) is 6.54 Å². The molecule has 0 saturated carbocycles. The van der Waals surface area contributed by atoms with Crippen LogP contribution in [-0.4, -0.2) is 19.2 Å². The first-order chi connectivity index (χ1) is 8.21. The molecule has 0 spiro atoms. The summed E-state index contributed by atoms with van der Waals surface area (Å²) in [6, 6.07) is 5.20. The number of nitrogens with two attached hydrogens (primary N) is 1. The Kier molecular flexibility index (Phi) is 5.29. The van der Waals surface area contributed by atoms with Crippen molar-refractivity contribution in [1.82, 2.24) is 5.32 Å². The van der Waals surface area contributed by atoms with Gasteiger partial charge in [-0.3, -0.25) is 0 Å². The van der Waals surface area contributed by atoms with Gasteiger partial charge in [0.15, 0.2) is 0 Å². The summed E-state index contributed by atoms with van der Waals surface area (Å²) in [4.78, 5) is 11.3. The lowest BCUT2D eigenvalue weighted by Crippen LogP contribution is -2.28. The molecule has 0 saturated heterocycles. The van der Waals surface area contributed by atoms with E-state index in [1.165, 1.54) is 0 Å². The van der Waals surface area contributed by atoms with Crippen molar-refractivity contribution in [2.45, 2.75) is 20.4 Å². The number of amides is 2. The fourth-order valence-electron chi connectivity index (χ4n) is 1.45. The van der Waals surface area contributed by atoms with Crippen LogP contribution >= 0.6 is 0 Å². The van der Waals surface area contributed by atoms with Gasteiger partial charge in [-0.1, -0.05) is 0 Å². The minimum atomic E-state index is -0.223. The molecular weight excluding hydrogens is 218 g/mol. The number of nitrogens with one attached hydrogen (secondary N) is 2. The minimum absolute atomic E-state index is 0.223. The van der Waals surface area contributed by atoms with Crippen LogP contribution in [0.2, 0.25) is 0 Å². The molecule has 0 aliphatic rings. The molecule has 1 rings (SSSR count). The molecule has 0 heterocycles. The van der Waals surface area contributed by atoms with Crippen molar-refractivity contribution >= 4 is 11.7 Å². The van der Waals surface area contributed by atoms with Crippen LogP contribution in [0.4, 0.5) is 10.5 Å². The zero-order chi connectivity index (χ0) is 12.7. The van der Waals surface area contributed by atoms with Crippen LogP contribution < -0.4 is 21.1 Å². The lowest BCUT2D eigenvalue weighted by Gasteiger charge is -2.11. The first kappa shape index (κ1) is 13.3. The van der Waals surface area contributed by atoms with E-state index in [0.29, 0.717) is 25.4 Å². The smallest absolute Gasteiger partial charge is 0.319 e. The van der Waals surface area contributed by atoms with Crippen molar-refractivity contribution in [3.8, 4) is 5.75 Å². The second-order valence-electron chi connectivity index (χ2n) is 3.44. The molecule has 0 unspecified atom stereocenters. The lowest BCUT2D eigenvalue weighted by molar-refractivity contribution is 0.252. The maximum Gasteiger partial charge on any atom is 0.319 e. The minimum Gasteiger partial charge on any atom is -0.494 e. The van der Waals surface area contributed by atoms with E-state index in [9.17, 15) is 4.79 Å². The zero-order valence-electron chi connectivity index (χ0n) is 10.2. The molecule has 0 bridgehead atoms. The van der Waals surface area contributed by atoms with Gasteiger partial charge in [0.25, 0.3) is 0 Å². The van der Waals surface area contributed by atoms with E-state index in [2.05, 4.69) is 10.6 Å². The molecular formula is C12H19N3O2. The van der Waals surface area contributed by atoms with Crippen LogP contribution in [0, 0.1) is 0 Å². The van der Waals surface area contributed by atoms with Gasteiger partial charge in [0.05, 0.1) is 6.61 Å². The molecule has 5 heteroatoms. The second-order valence-corrected chi connectivity index (χ2v) is 3.44. The highest BCUT2D eigenvalue weighted by molar-refractivity contribution is 5.89. The summed E-state index contributed by atoms with van der Waals surface area (Å²) >= 11 is 0. The van der Waals surface area contributed by atoms with Gasteiger partial charge in [0.2, 0.25) is 0 Å². The summed E-state index contributed by atoms with van der Waals surface area (Å²) in [7, 11) is 0. The average molecular weight is 237 g/mol. The first-order valence-electron chi connectivity index (χ1n) is 5.71. The summed E-state index contributed by atoms with van der Waals surface area (Å²) in [5, 5.41) is 5.38. The summed E-state index contributed by atoms with van der Waals surface area (Å²) in [6.07, 6.45) is 0. The number of carbonyl (C=O) groups excluding carboxylic acids is 1. The number of anilines is 1. The van der Waals surface area contributed by atoms with Crippen molar-refractivity contribution in [2.24, 2.45) is 5.73 Å². The highest BCUT2D eigenvalue weighted by Crippen LogP contribution is 2.22. The van der Waals surface area contributed by atoms with E-state index in [1.54, 1.807) is 6.07 Å². The Hall–Kier alpha value is -1.75. The maximum atomic E-state index is 11.3. The summed E-state index contributed by atoms with van der Waals surface area (Å²) in [6.45, 7) is 5.34. The zero-order valence-corrected chi connectivity index (χ0v) is 10.2. The molecule has 0 aliphatic carbocycles. The number of urea groups is 1. The molecule has 0 aromatic heterocycles. The Morgan fingerprint density at radius 3 is 2.76 bits per heavy atom.